The van der Waals surface area contributed by atoms with Crippen LogP contribution in [0.1, 0.15) is 12.0 Å². The Bertz CT molecular complexity index is 517. The number of nitrogens with one attached hydrogen (secondary N) is 1. The lowest BCUT2D eigenvalue weighted by Gasteiger charge is -2.20. The Kier molecular flexibility index (Phi) is 3.27. The summed E-state index contributed by atoms with van der Waals surface area (Å²) in [5.41, 5.74) is 0.0484. The highest BCUT2D eigenvalue weighted by Crippen LogP contribution is 2.23. The highest BCUT2D eigenvalue weighted by Gasteiger charge is 2.24. The Hall–Kier alpha value is -1.98. The zero-order chi connectivity index (χ0) is 13.3. The van der Waals surface area contributed by atoms with Gasteiger partial charge in [-0.15, -0.1) is 0 Å². The first-order valence-electron chi connectivity index (χ1n) is 5.52. The van der Waals surface area contributed by atoms with Crippen molar-refractivity contribution < 1.29 is 18.4 Å². The first-order chi connectivity index (χ1) is 8.49. The van der Waals surface area contributed by atoms with E-state index in [1.54, 1.807) is 0 Å². The first kappa shape index (κ1) is 12.5. The van der Waals surface area contributed by atoms with Gasteiger partial charge in [0.2, 0.25) is 11.8 Å². The average molecular weight is 254 g/mol. The number of aryl methyl sites for hydroxylation is 1. The molecule has 2 rings (SSSR count). The lowest BCUT2D eigenvalue weighted by molar-refractivity contribution is -0.123. The highest BCUT2D eigenvalue weighted by molar-refractivity contribution is 5.98. The number of benzene rings is 1. The standard InChI is InChI=1S/C12H12F2N2O2/c1-7-4-9(14)10(5-8(7)13)16-3-2-11(17)15-6-12(16)18/h4-5H,2-3,6H2,1H3,(H,15,17). The molecule has 1 saturated heterocycles. The molecule has 0 saturated carbocycles. The van der Waals surface area contributed by atoms with Crippen LogP contribution in [0.4, 0.5) is 14.5 Å². The molecule has 0 unspecified atom stereocenters. The summed E-state index contributed by atoms with van der Waals surface area (Å²) in [6.07, 6.45) is 0.0701. The largest absolute Gasteiger partial charge is 0.347 e. The summed E-state index contributed by atoms with van der Waals surface area (Å²) in [6.45, 7) is 1.29. The zero-order valence-corrected chi connectivity index (χ0v) is 9.80. The van der Waals surface area contributed by atoms with E-state index < -0.39 is 17.5 Å². The van der Waals surface area contributed by atoms with Crippen LogP contribution in [0.25, 0.3) is 0 Å². The number of anilines is 1. The molecule has 1 N–H and O–H groups in total. The van der Waals surface area contributed by atoms with Crippen molar-refractivity contribution >= 4 is 17.5 Å². The van der Waals surface area contributed by atoms with Crippen LogP contribution in [0.5, 0.6) is 0 Å². The second-order valence-electron chi connectivity index (χ2n) is 4.12. The molecule has 2 amide bonds. The van der Waals surface area contributed by atoms with Gasteiger partial charge < -0.3 is 10.2 Å². The molecular weight excluding hydrogens is 242 g/mol. The van der Waals surface area contributed by atoms with E-state index in [-0.39, 0.29) is 36.7 Å². The number of carbonyl (C=O) groups excluding carboxylic acids is 2. The van der Waals surface area contributed by atoms with Crippen molar-refractivity contribution in [3.05, 3.63) is 29.3 Å². The predicted octanol–water partition coefficient (Wildman–Crippen LogP) is 1.13. The maximum absolute atomic E-state index is 13.8. The van der Waals surface area contributed by atoms with Gasteiger partial charge in [-0.3, -0.25) is 9.59 Å². The molecule has 0 aromatic heterocycles. The zero-order valence-electron chi connectivity index (χ0n) is 9.80. The van der Waals surface area contributed by atoms with Gasteiger partial charge >= 0.3 is 0 Å². The van der Waals surface area contributed by atoms with Gasteiger partial charge in [0.15, 0.2) is 0 Å². The molecule has 1 aromatic rings. The molecule has 1 aliphatic heterocycles. The van der Waals surface area contributed by atoms with Crippen LogP contribution in [0.3, 0.4) is 0 Å². The van der Waals surface area contributed by atoms with Gasteiger partial charge in [0, 0.05) is 19.0 Å². The van der Waals surface area contributed by atoms with Gasteiger partial charge in [-0.2, -0.15) is 0 Å². The molecule has 0 bridgehead atoms. The third kappa shape index (κ3) is 2.32. The predicted molar refractivity (Wildman–Crippen MR) is 61.1 cm³/mol. The molecule has 18 heavy (non-hydrogen) atoms. The number of nitrogens with zero attached hydrogens (tertiary/aromatic N) is 1. The topological polar surface area (TPSA) is 49.4 Å². The van der Waals surface area contributed by atoms with Crippen molar-refractivity contribution in [1.29, 1.82) is 0 Å². The second kappa shape index (κ2) is 4.72. The van der Waals surface area contributed by atoms with Gasteiger partial charge in [0.25, 0.3) is 0 Å². The summed E-state index contributed by atoms with van der Waals surface area (Å²) < 4.78 is 27.2. The van der Waals surface area contributed by atoms with Crippen molar-refractivity contribution in [3.8, 4) is 0 Å². The fraction of sp³-hybridized carbons (Fsp3) is 0.333. The highest BCUT2D eigenvalue weighted by atomic mass is 19.1. The molecule has 0 radical (unpaired) electrons. The molecule has 0 aliphatic carbocycles. The van der Waals surface area contributed by atoms with Crippen molar-refractivity contribution in [1.82, 2.24) is 5.32 Å². The molecular formula is C12H12F2N2O2. The Morgan fingerprint density at radius 3 is 2.67 bits per heavy atom. The minimum atomic E-state index is -0.670. The van der Waals surface area contributed by atoms with Crippen LogP contribution in [-0.2, 0) is 9.59 Å². The summed E-state index contributed by atoms with van der Waals surface area (Å²) in [5.74, 6) is -1.99. The monoisotopic (exact) mass is 254 g/mol. The van der Waals surface area contributed by atoms with Crippen LogP contribution in [0.2, 0.25) is 0 Å². The quantitative estimate of drug-likeness (QED) is 0.816. The van der Waals surface area contributed by atoms with Gasteiger partial charge in [-0.05, 0) is 18.6 Å². The number of carbonyl (C=O) groups is 2. The van der Waals surface area contributed by atoms with Crippen molar-refractivity contribution in [3.63, 3.8) is 0 Å². The number of rotatable bonds is 1. The lowest BCUT2D eigenvalue weighted by atomic mass is 10.2. The summed E-state index contributed by atoms with van der Waals surface area (Å²) >= 11 is 0. The average Bonchev–Trinajstić information content (AvgIpc) is 2.47. The Morgan fingerprint density at radius 1 is 1.22 bits per heavy atom. The molecule has 96 valence electrons. The molecule has 4 nitrogen and oxygen atoms in total. The minimum absolute atomic E-state index is 0.0457. The van der Waals surface area contributed by atoms with Crippen LogP contribution in [0.15, 0.2) is 12.1 Å². The SMILES string of the molecule is Cc1cc(F)c(N2CCC(=O)NCC2=O)cc1F. The number of amides is 2. The maximum Gasteiger partial charge on any atom is 0.246 e. The lowest BCUT2D eigenvalue weighted by Crippen LogP contribution is -2.35. The van der Waals surface area contributed by atoms with E-state index in [4.69, 9.17) is 0 Å². The number of halogens is 2. The third-order valence-corrected chi connectivity index (χ3v) is 2.82. The smallest absolute Gasteiger partial charge is 0.246 e. The van der Waals surface area contributed by atoms with E-state index in [0.29, 0.717) is 0 Å². The summed E-state index contributed by atoms with van der Waals surface area (Å²) in [4.78, 5) is 24.0. The fourth-order valence-corrected chi connectivity index (χ4v) is 1.79. The molecule has 1 fully saturated rings. The normalized spacial score (nSPS) is 16.5. The van der Waals surface area contributed by atoms with Crippen molar-refractivity contribution in [2.24, 2.45) is 0 Å². The molecule has 0 atom stereocenters. The first-order valence-corrected chi connectivity index (χ1v) is 5.52. The Balaban J connectivity index is 2.38. The van der Waals surface area contributed by atoms with Crippen molar-refractivity contribution in [2.45, 2.75) is 13.3 Å². The molecule has 1 aliphatic rings. The minimum Gasteiger partial charge on any atom is -0.347 e. The summed E-state index contributed by atoms with van der Waals surface area (Å²) in [5, 5.41) is 2.39. The molecule has 1 heterocycles. The van der Waals surface area contributed by atoms with E-state index in [2.05, 4.69) is 5.32 Å². The number of hydrogen-bond donors (Lipinski definition) is 1. The second-order valence-corrected chi connectivity index (χ2v) is 4.12. The van der Waals surface area contributed by atoms with Crippen LogP contribution >= 0.6 is 0 Å². The van der Waals surface area contributed by atoms with E-state index in [1.165, 1.54) is 6.92 Å². The van der Waals surface area contributed by atoms with Crippen LogP contribution in [-0.4, -0.2) is 24.9 Å². The Labute approximate surface area is 103 Å². The van der Waals surface area contributed by atoms with Gasteiger partial charge in [-0.1, -0.05) is 0 Å². The fourth-order valence-electron chi connectivity index (χ4n) is 1.79. The summed E-state index contributed by atoms with van der Waals surface area (Å²) in [6, 6.07) is 2.02. The number of hydrogen-bond acceptors (Lipinski definition) is 2. The van der Waals surface area contributed by atoms with Crippen LogP contribution < -0.4 is 10.2 Å². The Morgan fingerprint density at radius 2 is 1.94 bits per heavy atom. The van der Waals surface area contributed by atoms with E-state index in [1.807, 2.05) is 0 Å². The van der Waals surface area contributed by atoms with E-state index >= 15 is 0 Å². The summed E-state index contributed by atoms with van der Waals surface area (Å²) in [7, 11) is 0. The molecule has 6 heteroatoms. The maximum atomic E-state index is 13.8. The van der Waals surface area contributed by atoms with Crippen molar-refractivity contribution in [2.75, 3.05) is 18.0 Å². The molecule has 1 aromatic carbocycles. The van der Waals surface area contributed by atoms with Gasteiger partial charge in [0.05, 0.1) is 12.2 Å². The van der Waals surface area contributed by atoms with Gasteiger partial charge in [-0.25, -0.2) is 8.78 Å². The van der Waals surface area contributed by atoms with Gasteiger partial charge in [0.1, 0.15) is 11.6 Å². The van der Waals surface area contributed by atoms with E-state index in [0.717, 1.165) is 17.0 Å². The van der Waals surface area contributed by atoms with E-state index in [9.17, 15) is 18.4 Å². The third-order valence-electron chi connectivity index (χ3n) is 2.82. The molecule has 0 spiro atoms. The van der Waals surface area contributed by atoms with Crippen LogP contribution in [0, 0.1) is 18.6 Å².